The van der Waals surface area contributed by atoms with E-state index < -0.39 is 0 Å². The van der Waals surface area contributed by atoms with Crippen LogP contribution in [0.25, 0.3) is 21.9 Å². The Labute approximate surface area is 141 Å². The van der Waals surface area contributed by atoms with E-state index in [0.29, 0.717) is 11.7 Å². The Balaban J connectivity index is 1.70. The average molecular weight is 322 g/mol. The molecule has 1 aromatic carbocycles. The van der Waals surface area contributed by atoms with Gasteiger partial charge in [-0.15, -0.1) is 0 Å². The summed E-state index contributed by atoms with van der Waals surface area (Å²) in [5.41, 5.74) is 2.53. The predicted octanol–water partition coefficient (Wildman–Crippen LogP) is 4.60. The summed E-state index contributed by atoms with van der Waals surface area (Å²) >= 11 is 0. The van der Waals surface area contributed by atoms with Crippen LogP contribution in [0.5, 0.6) is 0 Å². The van der Waals surface area contributed by atoms with Gasteiger partial charge in [0.1, 0.15) is 5.58 Å². The predicted molar refractivity (Wildman–Crippen MR) is 95.1 cm³/mol. The van der Waals surface area contributed by atoms with Gasteiger partial charge >= 0.3 is 0 Å². The fourth-order valence-electron chi connectivity index (χ4n) is 3.75. The van der Waals surface area contributed by atoms with Gasteiger partial charge in [-0.3, -0.25) is 9.78 Å². The van der Waals surface area contributed by atoms with Crippen LogP contribution in [0.4, 0.5) is 0 Å². The normalized spacial score (nSPS) is 21.2. The molecule has 1 amide bonds. The Hall–Kier alpha value is -2.36. The molecule has 0 saturated heterocycles. The molecule has 3 aromatic rings. The zero-order valence-electron chi connectivity index (χ0n) is 14.1. The molecule has 4 heteroatoms. The van der Waals surface area contributed by atoms with Crippen LogP contribution >= 0.6 is 0 Å². The van der Waals surface area contributed by atoms with Crippen molar-refractivity contribution in [1.29, 1.82) is 0 Å². The molecule has 2 aromatic heterocycles. The van der Waals surface area contributed by atoms with Crippen molar-refractivity contribution >= 4 is 27.8 Å². The second-order valence-corrected chi connectivity index (χ2v) is 6.91. The van der Waals surface area contributed by atoms with E-state index in [1.165, 1.54) is 19.3 Å². The highest BCUT2D eigenvalue weighted by molar-refractivity contribution is 6.06. The van der Waals surface area contributed by atoms with Crippen molar-refractivity contribution in [3.8, 4) is 0 Å². The van der Waals surface area contributed by atoms with Gasteiger partial charge in [-0.2, -0.15) is 0 Å². The Morgan fingerprint density at radius 2 is 2.00 bits per heavy atom. The number of para-hydroxylation sites is 1. The number of aromatic nitrogens is 1. The third-order valence-electron chi connectivity index (χ3n) is 5.21. The Kier molecular flexibility index (Phi) is 3.75. The highest BCUT2D eigenvalue weighted by Crippen LogP contribution is 2.30. The molecular weight excluding hydrogens is 300 g/mol. The number of benzene rings is 1. The zero-order chi connectivity index (χ0) is 16.7. The van der Waals surface area contributed by atoms with Gasteiger partial charge in [-0.25, -0.2) is 0 Å². The van der Waals surface area contributed by atoms with E-state index in [9.17, 15) is 4.79 Å². The maximum absolute atomic E-state index is 12.7. The van der Waals surface area contributed by atoms with Crippen LogP contribution in [-0.4, -0.2) is 16.9 Å². The van der Waals surface area contributed by atoms with Gasteiger partial charge in [0.05, 0.1) is 5.52 Å². The van der Waals surface area contributed by atoms with Gasteiger partial charge in [0.25, 0.3) is 5.91 Å². The maximum atomic E-state index is 12.7. The molecule has 2 unspecified atom stereocenters. The first kappa shape index (κ1) is 15.2. The first-order valence-electron chi connectivity index (χ1n) is 8.73. The van der Waals surface area contributed by atoms with Crippen LogP contribution in [-0.2, 0) is 0 Å². The minimum atomic E-state index is -0.117. The first-order valence-corrected chi connectivity index (χ1v) is 8.73. The van der Waals surface area contributed by atoms with Crippen LogP contribution in [0.2, 0.25) is 0 Å². The number of rotatable bonds is 2. The fourth-order valence-corrected chi connectivity index (χ4v) is 3.75. The van der Waals surface area contributed by atoms with Crippen molar-refractivity contribution in [2.24, 2.45) is 5.92 Å². The van der Waals surface area contributed by atoms with E-state index in [2.05, 4.69) is 17.2 Å². The molecule has 4 nitrogen and oxygen atoms in total. The third kappa shape index (κ3) is 2.56. The zero-order valence-corrected chi connectivity index (χ0v) is 14.1. The minimum absolute atomic E-state index is 0.117. The molecule has 2 heterocycles. The van der Waals surface area contributed by atoms with Crippen LogP contribution in [0.15, 0.2) is 34.7 Å². The molecule has 0 spiro atoms. The second kappa shape index (κ2) is 5.93. The van der Waals surface area contributed by atoms with Crippen molar-refractivity contribution in [1.82, 2.24) is 10.3 Å². The highest BCUT2D eigenvalue weighted by atomic mass is 16.3. The number of carbonyl (C=O) groups excluding carboxylic acids is 1. The lowest BCUT2D eigenvalue weighted by Gasteiger charge is -2.29. The third-order valence-corrected chi connectivity index (χ3v) is 5.21. The van der Waals surface area contributed by atoms with Gasteiger partial charge in [-0.1, -0.05) is 31.9 Å². The molecule has 1 aliphatic carbocycles. The van der Waals surface area contributed by atoms with Gasteiger partial charge < -0.3 is 9.73 Å². The van der Waals surface area contributed by atoms with Crippen LogP contribution in [0, 0.1) is 12.8 Å². The molecule has 1 fully saturated rings. The minimum Gasteiger partial charge on any atom is -0.450 e. The molecule has 1 aliphatic rings. The van der Waals surface area contributed by atoms with Crippen molar-refractivity contribution in [2.45, 2.75) is 45.6 Å². The Bertz CT molecular complexity index is 913. The molecule has 0 aliphatic heterocycles. The fraction of sp³-hybridized carbons (Fsp3) is 0.400. The molecule has 24 heavy (non-hydrogen) atoms. The number of furan rings is 1. The maximum Gasteiger partial charge on any atom is 0.287 e. The number of pyridine rings is 1. The molecule has 1 saturated carbocycles. The van der Waals surface area contributed by atoms with E-state index >= 15 is 0 Å². The van der Waals surface area contributed by atoms with Gasteiger partial charge in [0, 0.05) is 22.5 Å². The average Bonchev–Trinajstić information content (AvgIpc) is 3.03. The van der Waals surface area contributed by atoms with E-state index in [1.807, 2.05) is 37.3 Å². The molecule has 4 rings (SSSR count). The number of nitrogens with zero attached hydrogens (tertiary/aromatic N) is 1. The van der Waals surface area contributed by atoms with E-state index in [-0.39, 0.29) is 11.9 Å². The van der Waals surface area contributed by atoms with Gasteiger partial charge in [0.2, 0.25) is 0 Å². The summed E-state index contributed by atoms with van der Waals surface area (Å²) in [6.45, 7) is 4.17. The lowest BCUT2D eigenvalue weighted by atomic mass is 9.86. The molecule has 0 radical (unpaired) electrons. The van der Waals surface area contributed by atoms with E-state index in [4.69, 9.17) is 4.42 Å². The molecule has 2 atom stereocenters. The van der Waals surface area contributed by atoms with Crippen LogP contribution in [0.1, 0.15) is 48.9 Å². The number of aryl methyl sites for hydroxylation is 1. The lowest BCUT2D eigenvalue weighted by Crippen LogP contribution is -2.40. The van der Waals surface area contributed by atoms with Gasteiger partial charge in [-0.05, 0) is 43.9 Å². The largest absolute Gasteiger partial charge is 0.450 e. The van der Waals surface area contributed by atoms with Crippen LogP contribution < -0.4 is 5.32 Å². The molecule has 124 valence electrons. The quantitative estimate of drug-likeness (QED) is 0.750. The molecular formula is C20H22N2O2. The summed E-state index contributed by atoms with van der Waals surface area (Å²) in [5.74, 6) is 0.786. The monoisotopic (exact) mass is 322 g/mol. The Morgan fingerprint density at radius 3 is 2.83 bits per heavy atom. The van der Waals surface area contributed by atoms with E-state index in [1.54, 1.807) is 0 Å². The SMILES string of the molecule is Cc1nc2ccccc2c2oc(C(=O)NC3CCCCC3C)cc12. The van der Waals surface area contributed by atoms with Gasteiger partial charge in [0.15, 0.2) is 5.76 Å². The highest BCUT2D eigenvalue weighted by Gasteiger charge is 2.25. The topological polar surface area (TPSA) is 55.1 Å². The lowest BCUT2D eigenvalue weighted by molar-refractivity contribution is 0.0884. The smallest absolute Gasteiger partial charge is 0.287 e. The molecule has 0 bridgehead atoms. The molecule has 1 N–H and O–H groups in total. The number of hydrogen-bond acceptors (Lipinski definition) is 3. The summed E-state index contributed by atoms with van der Waals surface area (Å²) in [6, 6.07) is 9.95. The summed E-state index contributed by atoms with van der Waals surface area (Å²) < 4.78 is 5.95. The van der Waals surface area contributed by atoms with Crippen molar-refractivity contribution in [3.05, 3.63) is 41.8 Å². The van der Waals surface area contributed by atoms with Crippen molar-refractivity contribution in [3.63, 3.8) is 0 Å². The summed E-state index contributed by atoms with van der Waals surface area (Å²) in [4.78, 5) is 17.3. The number of carbonyl (C=O) groups is 1. The van der Waals surface area contributed by atoms with E-state index in [0.717, 1.165) is 34.0 Å². The summed E-state index contributed by atoms with van der Waals surface area (Å²) in [5, 5.41) is 5.02. The summed E-state index contributed by atoms with van der Waals surface area (Å²) in [6.07, 6.45) is 4.67. The number of amides is 1. The van der Waals surface area contributed by atoms with Crippen LogP contribution in [0.3, 0.4) is 0 Å². The number of nitrogens with one attached hydrogen (secondary N) is 1. The standard InChI is InChI=1S/C20H22N2O2/c1-12-7-3-5-9-16(12)22-20(23)18-11-15-13(2)21-17-10-6-4-8-14(17)19(15)24-18/h4,6,8,10-12,16H,3,5,7,9H2,1-2H3,(H,22,23). The first-order chi connectivity index (χ1) is 11.6. The number of fused-ring (bicyclic) bond motifs is 3. The number of hydrogen-bond donors (Lipinski definition) is 1. The Morgan fingerprint density at radius 1 is 1.21 bits per heavy atom. The second-order valence-electron chi connectivity index (χ2n) is 6.91. The van der Waals surface area contributed by atoms with Crippen molar-refractivity contribution in [2.75, 3.05) is 0 Å². The summed E-state index contributed by atoms with van der Waals surface area (Å²) in [7, 11) is 0. The van der Waals surface area contributed by atoms with Crippen molar-refractivity contribution < 1.29 is 9.21 Å².